The number of hydrogen-bond acceptors (Lipinski definition) is 4. The molecule has 0 aliphatic carbocycles. The third-order valence-electron chi connectivity index (χ3n) is 2.47. The molecule has 1 aromatic rings. The van der Waals surface area contributed by atoms with Gasteiger partial charge in [-0.05, 0) is 18.9 Å². The van der Waals surface area contributed by atoms with Crippen molar-refractivity contribution in [2.75, 3.05) is 19.7 Å². The average Bonchev–Trinajstić information content (AvgIpc) is 2.37. The molecule has 0 aliphatic heterocycles. The van der Waals surface area contributed by atoms with Crippen LogP contribution in [0, 0.1) is 11.9 Å². The first-order chi connectivity index (χ1) is 9.43. The number of carbonyl (C=O) groups excluding carboxylic acids is 2. The Balaban J connectivity index is 2.86. The van der Waals surface area contributed by atoms with Crippen LogP contribution in [0.25, 0.3) is 0 Å². The minimum Gasteiger partial charge on any atom is -0.465 e. The van der Waals surface area contributed by atoms with Crippen LogP contribution in [-0.4, -0.2) is 41.5 Å². The van der Waals surface area contributed by atoms with Gasteiger partial charge >= 0.3 is 5.97 Å². The van der Waals surface area contributed by atoms with Crippen LogP contribution in [-0.2, 0) is 9.53 Å². The molecule has 0 unspecified atom stereocenters. The third-order valence-corrected chi connectivity index (χ3v) is 2.47. The van der Waals surface area contributed by atoms with Crippen molar-refractivity contribution in [2.45, 2.75) is 20.8 Å². The van der Waals surface area contributed by atoms with E-state index in [2.05, 4.69) is 4.98 Å². The molecule has 20 heavy (non-hydrogen) atoms. The molecule has 0 aromatic carbocycles. The van der Waals surface area contributed by atoms with Gasteiger partial charge in [0.15, 0.2) is 0 Å². The van der Waals surface area contributed by atoms with E-state index in [1.165, 1.54) is 17.2 Å². The zero-order valence-corrected chi connectivity index (χ0v) is 11.9. The maximum atomic E-state index is 13.1. The highest BCUT2D eigenvalue weighted by Crippen LogP contribution is 2.08. The molecule has 6 heteroatoms. The molecule has 1 amide bonds. The number of carbonyl (C=O) groups is 2. The summed E-state index contributed by atoms with van der Waals surface area (Å²) < 4.78 is 17.9. The molecule has 0 saturated heterocycles. The predicted molar refractivity (Wildman–Crippen MR) is 71.6 cm³/mol. The molecule has 0 atom stereocenters. The second-order valence-electron chi connectivity index (χ2n) is 4.75. The Bertz CT molecular complexity index is 477. The lowest BCUT2D eigenvalue weighted by Crippen LogP contribution is -2.39. The predicted octanol–water partition coefficient (Wildman–Crippen LogP) is 1.88. The molecule has 110 valence electrons. The topological polar surface area (TPSA) is 59.5 Å². The molecule has 1 heterocycles. The van der Waals surface area contributed by atoms with Crippen molar-refractivity contribution in [3.05, 3.63) is 29.8 Å². The van der Waals surface area contributed by atoms with Gasteiger partial charge in [-0.2, -0.15) is 4.39 Å². The SMILES string of the molecule is CCOC(=O)CN(CC(C)C)C(=O)c1ccnc(F)c1. The maximum absolute atomic E-state index is 13.1. The fourth-order valence-corrected chi connectivity index (χ4v) is 1.74. The summed E-state index contributed by atoms with van der Waals surface area (Å²) >= 11 is 0. The van der Waals surface area contributed by atoms with Crippen LogP contribution in [0.5, 0.6) is 0 Å². The Labute approximate surface area is 117 Å². The summed E-state index contributed by atoms with van der Waals surface area (Å²) in [5.74, 6) is -1.43. The maximum Gasteiger partial charge on any atom is 0.325 e. The van der Waals surface area contributed by atoms with E-state index in [0.717, 1.165) is 6.07 Å². The number of amides is 1. The van der Waals surface area contributed by atoms with Gasteiger partial charge in [0, 0.05) is 24.4 Å². The second-order valence-corrected chi connectivity index (χ2v) is 4.75. The lowest BCUT2D eigenvalue weighted by atomic mass is 10.1. The smallest absolute Gasteiger partial charge is 0.325 e. The molecule has 0 fully saturated rings. The van der Waals surface area contributed by atoms with Crippen molar-refractivity contribution in [3.8, 4) is 0 Å². The second kappa shape index (κ2) is 7.57. The summed E-state index contributed by atoms with van der Waals surface area (Å²) in [6, 6.07) is 2.48. The van der Waals surface area contributed by atoms with Crippen LogP contribution < -0.4 is 0 Å². The summed E-state index contributed by atoms with van der Waals surface area (Å²) in [7, 11) is 0. The fraction of sp³-hybridized carbons (Fsp3) is 0.500. The van der Waals surface area contributed by atoms with Gasteiger partial charge < -0.3 is 9.64 Å². The van der Waals surface area contributed by atoms with Crippen LogP contribution in [0.15, 0.2) is 18.3 Å². The summed E-state index contributed by atoms with van der Waals surface area (Å²) in [6.07, 6.45) is 1.22. The quantitative estimate of drug-likeness (QED) is 0.590. The monoisotopic (exact) mass is 282 g/mol. The summed E-state index contributed by atoms with van der Waals surface area (Å²) in [6.45, 7) is 6.06. The average molecular weight is 282 g/mol. The third kappa shape index (κ3) is 4.95. The van der Waals surface area contributed by atoms with Crippen LogP contribution in [0.4, 0.5) is 4.39 Å². The highest BCUT2D eigenvalue weighted by atomic mass is 19.1. The lowest BCUT2D eigenvalue weighted by molar-refractivity contribution is -0.143. The van der Waals surface area contributed by atoms with E-state index in [0.29, 0.717) is 6.54 Å². The van der Waals surface area contributed by atoms with Gasteiger partial charge in [0.05, 0.1) is 6.61 Å². The van der Waals surface area contributed by atoms with E-state index in [1.807, 2.05) is 13.8 Å². The van der Waals surface area contributed by atoms with Crippen LogP contribution in [0.2, 0.25) is 0 Å². The van der Waals surface area contributed by atoms with Gasteiger partial charge in [-0.15, -0.1) is 0 Å². The van der Waals surface area contributed by atoms with Crippen LogP contribution in [0.3, 0.4) is 0 Å². The zero-order chi connectivity index (χ0) is 15.1. The van der Waals surface area contributed by atoms with Crippen molar-refractivity contribution < 1.29 is 18.7 Å². The molecule has 0 bridgehead atoms. The number of halogens is 1. The molecule has 0 aliphatic rings. The van der Waals surface area contributed by atoms with E-state index in [4.69, 9.17) is 4.74 Å². The van der Waals surface area contributed by atoms with E-state index >= 15 is 0 Å². The molecule has 0 saturated carbocycles. The number of ether oxygens (including phenoxy) is 1. The van der Waals surface area contributed by atoms with Gasteiger partial charge in [0.2, 0.25) is 5.95 Å². The number of esters is 1. The summed E-state index contributed by atoms with van der Waals surface area (Å²) in [4.78, 5) is 28.6. The molecule has 0 spiro atoms. The fourth-order valence-electron chi connectivity index (χ4n) is 1.74. The first-order valence-corrected chi connectivity index (χ1v) is 6.50. The van der Waals surface area contributed by atoms with Crippen molar-refractivity contribution in [1.82, 2.24) is 9.88 Å². The number of aromatic nitrogens is 1. The Morgan fingerprint density at radius 1 is 1.45 bits per heavy atom. The molecule has 1 rings (SSSR count). The van der Waals surface area contributed by atoms with Crippen molar-refractivity contribution in [1.29, 1.82) is 0 Å². The Kier molecular flexibility index (Phi) is 6.09. The normalized spacial score (nSPS) is 10.4. The first kappa shape index (κ1) is 16.1. The van der Waals surface area contributed by atoms with Gasteiger partial charge in [-0.3, -0.25) is 9.59 Å². The van der Waals surface area contributed by atoms with Crippen molar-refractivity contribution in [2.24, 2.45) is 5.92 Å². The van der Waals surface area contributed by atoms with Crippen LogP contribution in [0.1, 0.15) is 31.1 Å². The van der Waals surface area contributed by atoms with Gasteiger partial charge in [0.1, 0.15) is 6.54 Å². The summed E-state index contributed by atoms with van der Waals surface area (Å²) in [5.41, 5.74) is 0.169. The highest BCUT2D eigenvalue weighted by Gasteiger charge is 2.20. The molecule has 5 nitrogen and oxygen atoms in total. The van der Waals surface area contributed by atoms with E-state index in [-0.39, 0.29) is 24.6 Å². The molecule has 1 aromatic heterocycles. The van der Waals surface area contributed by atoms with E-state index in [1.54, 1.807) is 6.92 Å². The highest BCUT2D eigenvalue weighted by molar-refractivity contribution is 5.95. The minimum absolute atomic E-state index is 0.144. The Morgan fingerprint density at radius 2 is 2.15 bits per heavy atom. The first-order valence-electron chi connectivity index (χ1n) is 6.50. The summed E-state index contributed by atoms with van der Waals surface area (Å²) in [5, 5.41) is 0. The molecule has 0 radical (unpaired) electrons. The minimum atomic E-state index is -0.725. The molecular formula is C14H19FN2O3. The molecular weight excluding hydrogens is 263 g/mol. The Hall–Kier alpha value is -1.98. The number of rotatable bonds is 6. The zero-order valence-electron chi connectivity index (χ0n) is 11.9. The van der Waals surface area contributed by atoms with Gasteiger partial charge in [-0.1, -0.05) is 13.8 Å². The van der Waals surface area contributed by atoms with Crippen molar-refractivity contribution in [3.63, 3.8) is 0 Å². The Morgan fingerprint density at radius 3 is 2.70 bits per heavy atom. The van der Waals surface area contributed by atoms with Crippen molar-refractivity contribution >= 4 is 11.9 Å². The van der Waals surface area contributed by atoms with E-state index in [9.17, 15) is 14.0 Å². The molecule has 0 N–H and O–H groups in total. The lowest BCUT2D eigenvalue weighted by Gasteiger charge is -2.23. The van der Waals surface area contributed by atoms with Gasteiger partial charge in [-0.25, -0.2) is 4.98 Å². The standard InChI is InChI=1S/C14H19FN2O3/c1-4-20-13(18)9-17(8-10(2)3)14(19)11-5-6-16-12(15)7-11/h5-7,10H,4,8-9H2,1-3H3. The largest absolute Gasteiger partial charge is 0.465 e. The van der Waals surface area contributed by atoms with Gasteiger partial charge in [0.25, 0.3) is 5.91 Å². The number of hydrogen-bond donors (Lipinski definition) is 0. The van der Waals surface area contributed by atoms with E-state index < -0.39 is 17.8 Å². The number of pyridine rings is 1. The number of nitrogens with zero attached hydrogens (tertiary/aromatic N) is 2. The van der Waals surface area contributed by atoms with Crippen LogP contribution >= 0.6 is 0 Å².